The fraction of sp³-hybridized carbons (Fsp3) is 0.300. The van der Waals surface area contributed by atoms with Crippen LogP contribution in [0, 0.1) is 12.3 Å². The number of anilines is 2. The highest BCUT2D eigenvalue weighted by Gasteiger charge is 2.36. The van der Waals surface area contributed by atoms with Gasteiger partial charge in [0.2, 0.25) is 11.8 Å². The molecule has 0 aliphatic carbocycles. The van der Waals surface area contributed by atoms with Crippen LogP contribution in [-0.4, -0.2) is 26.0 Å². The Morgan fingerprint density at radius 1 is 0.846 bits per heavy atom. The maximum atomic E-state index is 12.6. The van der Waals surface area contributed by atoms with Gasteiger partial charge in [0.1, 0.15) is 5.41 Å². The van der Waals surface area contributed by atoms with Crippen molar-refractivity contribution in [2.45, 2.75) is 20.8 Å². The van der Waals surface area contributed by atoms with Gasteiger partial charge in [-0.3, -0.25) is 9.59 Å². The number of amides is 2. The Bertz CT molecular complexity index is 815. The first-order chi connectivity index (χ1) is 12.3. The summed E-state index contributed by atoms with van der Waals surface area (Å²) in [4.78, 5) is 25.2. The molecule has 6 nitrogen and oxygen atoms in total. The summed E-state index contributed by atoms with van der Waals surface area (Å²) in [5.74, 6) is 0.241. The third-order valence-electron chi connectivity index (χ3n) is 4.05. The Morgan fingerprint density at radius 2 is 1.42 bits per heavy atom. The highest BCUT2D eigenvalue weighted by Crippen LogP contribution is 2.30. The minimum absolute atomic E-state index is 0.388. The number of hydrogen-bond acceptors (Lipinski definition) is 4. The van der Waals surface area contributed by atoms with Crippen molar-refractivity contribution in [2.75, 3.05) is 24.9 Å². The predicted molar refractivity (Wildman–Crippen MR) is 102 cm³/mol. The molecule has 26 heavy (non-hydrogen) atoms. The Kier molecular flexibility index (Phi) is 5.87. The zero-order chi connectivity index (χ0) is 19.3. The first kappa shape index (κ1) is 19.3. The zero-order valence-electron chi connectivity index (χ0n) is 15.7. The van der Waals surface area contributed by atoms with Crippen LogP contribution in [0.15, 0.2) is 42.5 Å². The Hall–Kier alpha value is -3.02. The zero-order valence-corrected chi connectivity index (χ0v) is 15.7. The van der Waals surface area contributed by atoms with Crippen molar-refractivity contribution in [1.29, 1.82) is 0 Å². The molecule has 2 rings (SSSR count). The Labute approximate surface area is 153 Å². The maximum absolute atomic E-state index is 12.6. The molecule has 0 saturated carbocycles. The van der Waals surface area contributed by atoms with E-state index in [0.717, 1.165) is 5.56 Å². The molecular formula is C20H24N2O4. The lowest BCUT2D eigenvalue weighted by molar-refractivity contribution is -0.135. The lowest BCUT2D eigenvalue weighted by Crippen LogP contribution is -2.41. The predicted octanol–water partition coefficient (Wildman–Crippen LogP) is 3.62. The quantitative estimate of drug-likeness (QED) is 0.775. The van der Waals surface area contributed by atoms with Crippen molar-refractivity contribution in [2.24, 2.45) is 5.41 Å². The topological polar surface area (TPSA) is 76.7 Å². The maximum Gasteiger partial charge on any atom is 0.239 e. The summed E-state index contributed by atoms with van der Waals surface area (Å²) in [7, 11) is 3.05. The van der Waals surface area contributed by atoms with Crippen molar-refractivity contribution >= 4 is 23.2 Å². The standard InChI is InChI=1S/C20H24N2O4/c1-13-7-6-8-14(11-13)21-18(23)20(2,3)19(24)22-15-9-10-16(25-4)17(12-15)26-5/h6-12H,1-5H3,(H,21,23)(H,22,24). The molecule has 0 spiro atoms. The molecule has 2 aromatic rings. The summed E-state index contributed by atoms with van der Waals surface area (Å²) in [6.45, 7) is 5.09. The van der Waals surface area contributed by atoms with E-state index in [4.69, 9.17) is 9.47 Å². The first-order valence-electron chi connectivity index (χ1n) is 8.19. The van der Waals surface area contributed by atoms with Gasteiger partial charge in [-0.05, 0) is 50.6 Å². The van der Waals surface area contributed by atoms with Gasteiger partial charge in [0.05, 0.1) is 14.2 Å². The van der Waals surface area contributed by atoms with Gasteiger partial charge in [0.15, 0.2) is 11.5 Å². The van der Waals surface area contributed by atoms with Crippen LogP contribution in [0.3, 0.4) is 0 Å². The summed E-state index contributed by atoms with van der Waals surface area (Å²) >= 11 is 0. The third-order valence-corrected chi connectivity index (χ3v) is 4.05. The number of ether oxygens (including phenoxy) is 2. The van der Waals surface area contributed by atoms with Crippen LogP contribution in [-0.2, 0) is 9.59 Å². The number of benzene rings is 2. The van der Waals surface area contributed by atoms with E-state index in [2.05, 4.69) is 10.6 Å². The molecule has 2 aromatic carbocycles. The second-order valence-corrected chi connectivity index (χ2v) is 6.47. The van der Waals surface area contributed by atoms with Crippen LogP contribution >= 0.6 is 0 Å². The number of methoxy groups -OCH3 is 2. The molecule has 6 heteroatoms. The third kappa shape index (κ3) is 4.33. The van der Waals surface area contributed by atoms with Gasteiger partial charge in [-0.1, -0.05) is 12.1 Å². The van der Waals surface area contributed by atoms with Gasteiger partial charge < -0.3 is 20.1 Å². The molecule has 138 valence electrons. The summed E-state index contributed by atoms with van der Waals surface area (Å²) in [6, 6.07) is 12.4. The number of rotatable bonds is 6. The van der Waals surface area contributed by atoms with E-state index in [1.807, 2.05) is 25.1 Å². The summed E-state index contributed by atoms with van der Waals surface area (Å²) in [5, 5.41) is 5.54. The molecule has 0 radical (unpaired) electrons. The van der Waals surface area contributed by atoms with Gasteiger partial charge in [-0.2, -0.15) is 0 Å². The molecule has 0 aromatic heterocycles. The van der Waals surface area contributed by atoms with E-state index in [-0.39, 0.29) is 5.91 Å². The molecule has 0 saturated heterocycles. The van der Waals surface area contributed by atoms with Crippen LogP contribution in [0.25, 0.3) is 0 Å². The van der Waals surface area contributed by atoms with Crippen LogP contribution in [0.2, 0.25) is 0 Å². The molecule has 0 atom stereocenters. The number of aryl methyl sites for hydroxylation is 1. The van der Waals surface area contributed by atoms with Crippen LogP contribution < -0.4 is 20.1 Å². The van der Waals surface area contributed by atoms with Crippen molar-refractivity contribution < 1.29 is 19.1 Å². The first-order valence-corrected chi connectivity index (χ1v) is 8.19. The van der Waals surface area contributed by atoms with Gasteiger partial charge in [0, 0.05) is 17.4 Å². The van der Waals surface area contributed by atoms with Crippen molar-refractivity contribution in [3.63, 3.8) is 0 Å². The number of carbonyl (C=O) groups is 2. The Morgan fingerprint density at radius 3 is 1.96 bits per heavy atom. The van der Waals surface area contributed by atoms with E-state index in [1.165, 1.54) is 14.2 Å². The summed E-state index contributed by atoms with van der Waals surface area (Å²) in [6.07, 6.45) is 0. The average Bonchev–Trinajstić information content (AvgIpc) is 2.61. The molecule has 0 aliphatic rings. The highest BCUT2D eigenvalue weighted by atomic mass is 16.5. The fourth-order valence-electron chi connectivity index (χ4n) is 2.31. The summed E-state index contributed by atoms with van der Waals surface area (Å²) in [5.41, 5.74) is 0.929. The summed E-state index contributed by atoms with van der Waals surface area (Å²) < 4.78 is 10.4. The normalized spacial score (nSPS) is 10.8. The molecular weight excluding hydrogens is 332 g/mol. The van der Waals surface area contributed by atoms with Crippen LogP contribution in [0.5, 0.6) is 11.5 Å². The van der Waals surface area contributed by atoms with E-state index in [9.17, 15) is 9.59 Å². The smallest absolute Gasteiger partial charge is 0.239 e. The molecule has 2 N–H and O–H groups in total. The van der Waals surface area contributed by atoms with Crippen LogP contribution in [0.1, 0.15) is 19.4 Å². The molecule has 0 bridgehead atoms. The van der Waals surface area contributed by atoms with Gasteiger partial charge in [-0.25, -0.2) is 0 Å². The highest BCUT2D eigenvalue weighted by molar-refractivity contribution is 6.14. The lowest BCUT2D eigenvalue weighted by atomic mass is 9.90. The van der Waals surface area contributed by atoms with E-state index >= 15 is 0 Å². The van der Waals surface area contributed by atoms with E-state index in [1.54, 1.807) is 38.1 Å². The van der Waals surface area contributed by atoms with Crippen molar-refractivity contribution in [3.05, 3.63) is 48.0 Å². The van der Waals surface area contributed by atoms with Crippen molar-refractivity contribution in [1.82, 2.24) is 0 Å². The Balaban J connectivity index is 2.12. The fourth-order valence-corrected chi connectivity index (χ4v) is 2.31. The van der Waals surface area contributed by atoms with Gasteiger partial charge in [-0.15, -0.1) is 0 Å². The molecule has 2 amide bonds. The SMILES string of the molecule is COc1ccc(NC(=O)C(C)(C)C(=O)Nc2cccc(C)c2)cc1OC. The molecule has 0 heterocycles. The second kappa shape index (κ2) is 7.91. The van der Waals surface area contributed by atoms with Gasteiger partial charge in [0.25, 0.3) is 0 Å². The number of hydrogen-bond donors (Lipinski definition) is 2. The van der Waals surface area contributed by atoms with E-state index in [0.29, 0.717) is 22.9 Å². The number of nitrogens with one attached hydrogen (secondary N) is 2. The van der Waals surface area contributed by atoms with Crippen LogP contribution in [0.4, 0.5) is 11.4 Å². The number of carbonyl (C=O) groups excluding carboxylic acids is 2. The van der Waals surface area contributed by atoms with Crippen molar-refractivity contribution in [3.8, 4) is 11.5 Å². The minimum atomic E-state index is -1.27. The molecule has 0 unspecified atom stereocenters. The van der Waals surface area contributed by atoms with Gasteiger partial charge >= 0.3 is 0 Å². The van der Waals surface area contributed by atoms with E-state index < -0.39 is 11.3 Å². The lowest BCUT2D eigenvalue weighted by Gasteiger charge is -2.23. The largest absolute Gasteiger partial charge is 0.493 e. The monoisotopic (exact) mass is 356 g/mol. The second-order valence-electron chi connectivity index (χ2n) is 6.47. The average molecular weight is 356 g/mol. The molecule has 0 aliphatic heterocycles. The minimum Gasteiger partial charge on any atom is -0.493 e. The molecule has 0 fully saturated rings.